The first kappa shape index (κ1) is 33.5. The van der Waals surface area contributed by atoms with Crippen LogP contribution in [0.4, 0.5) is 0 Å². The average molecular weight is 755 g/mol. The first-order chi connectivity index (χ1) is 22.8. The molecule has 2 aliphatic carbocycles. The molecule has 0 nitrogen and oxygen atoms in total. The van der Waals surface area contributed by atoms with Crippen LogP contribution in [0.2, 0.25) is 0 Å². The molecule has 2 unspecified atom stereocenters. The zero-order valence-corrected chi connectivity index (χ0v) is 32.7. The van der Waals surface area contributed by atoms with Crippen molar-refractivity contribution in [1.82, 2.24) is 0 Å². The van der Waals surface area contributed by atoms with Crippen molar-refractivity contribution in [2.75, 3.05) is 0 Å². The number of benzene rings is 6. The van der Waals surface area contributed by atoms with Crippen molar-refractivity contribution in [3.63, 3.8) is 0 Å². The third-order valence-electron chi connectivity index (χ3n) is 10.6. The Balaban J connectivity index is 0.00000364. The van der Waals surface area contributed by atoms with Crippen molar-refractivity contribution in [3.8, 4) is 22.3 Å². The monoisotopic (exact) mass is 752 g/mol. The molecular weight excluding hydrogens is 719 g/mol. The van der Waals surface area contributed by atoms with Gasteiger partial charge in [-0.3, -0.25) is 0 Å². The van der Waals surface area contributed by atoms with Crippen LogP contribution in [0.5, 0.6) is 0 Å². The van der Waals surface area contributed by atoms with E-state index in [0.29, 0.717) is 0 Å². The van der Waals surface area contributed by atoms with Crippen molar-refractivity contribution >= 4 is 65.4 Å². The summed E-state index contributed by atoms with van der Waals surface area (Å²) in [4.78, 5) is 0. The van der Waals surface area contributed by atoms with E-state index in [1.165, 1.54) is 88.3 Å². The predicted octanol–water partition coefficient (Wildman–Crippen LogP) is 12.9. The van der Waals surface area contributed by atoms with E-state index in [1.54, 1.807) is 0 Å². The van der Waals surface area contributed by atoms with Gasteiger partial charge in [0.05, 0.1) is 8.99 Å². The molecule has 0 saturated carbocycles. The molecule has 0 spiro atoms. The maximum absolute atomic E-state index is 8.13. The summed E-state index contributed by atoms with van der Waals surface area (Å²) in [6, 6.07) is 43.9. The van der Waals surface area contributed by atoms with Gasteiger partial charge in [0.25, 0.3) is 0 Å². The number of alkyl halides is 2. The van der Waals surface area contributed by atoms with Crippen LogP contribution in [0.25, 0.3) is 54.9 Å². The Morgan fingerprint density at radius 1 is 0.479 bits per heavy atom. The van der Waals surface area contributed by atoms with Crippen molar-refractivity contribution in [2.24, 2.45) is 0 Å². The molecular formula is C44H36Cl2SiZr. The van der Waals surface area contributed by atoms with Gasteiger partial charge in [-0.1, -0.05) is 135 Å². The van der Waals surface area contributed by atoms with Crippen molar-refractivity contribution in [1.29, 1.82) is 0 Å². The minimum Gasteiger partial charge on any atom is -0.114 e. The van der Waals surface area contributed by atoms with E-state index in [-0.39, 0.29) is 35.7 Å². The molecule has 0 N–H and O–H groups in total. The first-order valence-electron chi connectivity index (χ1n) is 16.6. The quantitative estimate of drug-likeness (QED) is 0.117. The molecule has 234 valence electrons. The Bertz CT molecular complexity index is 2140. The van der Waals surface area contributed by atoms with Crippen LogP contribution in [0, 0.1) is 0 Å². The molecule has 6 aromatic carbocycles. The Morgan fingerprint density at radius 3 is 1.25 bits per heavy atom. The van der Waals surface area contributed by atoms with Gasteiger partial charge in [0.1, 0.15) is 9.52 Å². The van der Waals surface area contributed by atoms with E-state index in [4.69, 9.17) is 23.2 Å². The smallest absolute Gasteiger partial charge is 0.114 e. The molecule has 6 aromatic rings. The summed E-state index contributed by atoms with van der Waals surface area (Å²) in [6.07, 6.45) is 1.73. The van der Waals surface area contributed by atoms with E-state index in [1.807, 2.05) is 0 Å². The van der Waals surface area contributed by atoms with Gasteiger partial charge in [-0.15, -0.1) is 23.2 Å². The van der Waals surface area contributed by atoms with Crippen LogP contribution in [-0.2, 0) is 35.2 Å². The predicted molar refractivity (Wildman–Crippen MR) is 205 cm³/mol. The Hall–Kier alpha value is -3.00. The molecule has 0 amide bonds. The second-order valence-electron chi connectivity index (χ2n) is 12.9. The maximum atomic E-state index is 8.13. The molecule has 8 rings (SSSR count). The van der Waals surface area contributed by atoms with Crippen LogP contribution >= 0.6 is 23.2 Å². The Morgan fingerprint density at radius 2 is 0.833 bits per heavy atom. The number of allylic oxidation sites excluding steroid dienone is 4. The summed E-state index contributed by atoms with van der Waals surface area (Å²) < 4.78 is -1.43. The standard InChI is InChI=1S/C44H36Cl2Si.Zr/c1-5-37-27(3)41-35(33-21-11-17-29-15-7-9-19-31(29)33)23-13-25-39(41)43(37,45)47-44(46)38(6-2)28(4)42-36(24-14-26-40(42)44)34-22-12-18-30-16-8-10-20-32(30)34;/h7-26H,5-6H2,1-4H3;. The number of hydrogen-bond donors (Lipinski definition) is 0. The maximum Gasteiger partial charge on any atom is 0.118 e. The molecule has 0 bridgehead atoms. The van der Waals surface area contributed by atoms with Crippen LogP contribution in [0.1, 0.15) is 62.8 Å². The Labute approximate surface area is 315 Å². The summed E-state index contributed by atoms with van der Waals surface area (Å²) >= 11 is 16.3. The van der Waals surface area contributed by atoms with Gasteiger partial charge in [0.15, 0.2) is 0 Å². The van der Waals surface area contributed by atoms with Gasteiger partial charge in [-0.25, -0.2) is 0 Å². The van der Waals surface area contributed by atoms with E-state index in [9.17, 15) is 0 Å². The van der Waals surface area contributed by atoms with Gasteiger partial charge in [-0.2, -0.15) is 0 Å². The van der Waals surface area contributed by atoms with Gasteiger partial charge >= 0.3 is 0 Å². The van der Waals surface area contributed by atoms with Crippen LogP contribution < -0.4 is 0 Å². The van der Waals surface area contributed by atoms with Gasteiger partial charge in [0.2, 0.25) is 0 Å². The van der Waals surface area contributed by atoms with E-state index in [2.05, 4.69) is 149 Å². The van der Waals surface area contributed by atoms with E-state index in [0.717, 1.165) is 12.8 Å². The zero-order chi connectivity index (χ0) is 32.5. The fraction of sp³-hybridized carbons (Fsp3) is 0.182. The second kappa shape index (κ2) is 12.7. The van der Waals surface area contributed by atoms with E-state index >= 15 is 0 Å². The number of rotatable bonds is 6. The Kier molecular flexibility index (Phi) is 8.87. The fourth-order valence-electron chi connectivity index (χ4n) is 8.54. The van der Waals surface area contributed by atoms with Crippen molar-refractivity contribution in [2.45, 2.75) is 49.5 Å². The molecule has 2 aliphatic rings. The van der Waals surface area contributed by atoms with Crippen LogP contribution in [0.3, 0.4) is 0 Å². The van der Waals surface area contributed by atoms with E-state index < -0.39 is 8.99 Å². The minimum absolute atomic E-state index is 0. The largest absolute Gasteiger partial charge is 0.118 e. The molecule has 0 fully saturated rings. The summed E-state index contributed by atoms with van der Waals surface area (Å²) in [7, 11) is 0.211. The molecule has 4 heteroatoms. The average Bonchev–Trinajstić information content (AvgIpc) is 3.45. The summed E-state index contributed by atoms with van der Waals surface area (Å²) in [5, 5.41) is 5.01. The summed E-state index contributed by atoms with van der Waals surface area (Å²) in [5.41, 5.74) is 15.0. The molecule has 0 saturated heterocycles. The molecule has 0 aromatic heterocycles. The SMILES string of the molecule is CCC1=C(C)c2c(-c3cccc4ccccc34)cccc2C1(Cl)[Si]C1(Cl)C(CC)=C(C)c2c(-c3cccc4ccccc34)cccc21.[Zr]. The molecule has 2 radical (unpaired) electrons. The molecule has 0 heterocycles. The zero-order valence-electron chi connectivity index (χ0n) is 27.7. The number of hydrogen-bond acceptors (Lipinski definition) is 0. The minimum atomic E-state index is -0.714. The van der Waals surface area contributed by atoms with Gasteiger partial charge in [-0.05, 0) is 115 Å². The summed E-state index contributed by atoms with van der Waals surface area (Å²) in [5.74, 6) is 0. The molecule has 0 aliphatic heterocycles. The van der Waals surface area contributed by atoms with Crippen molar-refractivity contribution in [3.05, 3.63) is 155 Å². The second-order valence-corrected chi connectivity index (χ2v) is 16.4. The van der Waals surface area contributed by atoms with Crippen molar-refractivity contribution < 1.29 is 26.2 Å². The number of halogens is 2. The third-order valence-corrected chi connectivity index (χ3v) is 13.8. The molecule has 48 heavy (non-hydrogen) atoms. The molecule has 2 atom stereocenters. The van der Waals surface area contributed by atoms with Gasteiger partial charge in [0, 0.05) is 26.2 Å². The summed E-state index contributed by atoms with van der Waals surface area (Å²) in [6.45, 7) is 9.03. The topological polar surface area (TPSA) is 0 Å². The number of fused-ring (bicyclic) bond motifs is 4. The fourth-order valence-corrected chi connectivity index (χ4v) is 12.6. The third kappa shape index (κ3) is 4.85. The van der Waals surface area contributed by atoms with Gasteiger partial charge < -0.3 is 0 Å². The first-order valence-corrected chi connectivity index (χ1v) is 18.4. The van der Waals surface area contributed by atoms with Crippen LogP contribution in [0.15, 0.2) is 132 Å². The van der Waals surface area contributed by atoms with Crippen LogP contribution in [-0.4, -0.2) is 9.52 Å². The normalized spacial score (nSPS) is 20.0.